The molecule has 1 atom stereocenters. The zero-order chi connectivity index (χ0) is 15.3. The van der Waals surface area contributed by atoms with E-state index in [4.69, 9.17) is 4.74 Å². The van der Waals surface area contributed by atoms with Crippen LogP contribution in [0.15, 0.2) is 11.6 Å². The molecule has 0 spiro atoms. The standard InChI is InChI=1S/C13H21NO5S/c1-4-14(11-5-6-20(17,18)9-11)12(15)8-19-13(16)7-10(2)3/h7,11H,4-6,8-9H2,1-3H3. The Morgan fingerprint density at radius 3 is 2.45 bits per heavy atom. The molecular formula is C13H21NO5S. The van der Waals surface area contributed by atoms with Crippen LogP contribution in [0.2, 0.25) is 0 Å². The number of rotatable bonds is 5. The number of nitrogens with zero attached hydrogens (tertiary/aromatic N) is 1. The van der Waals surface area contributed by atoms with Gasteiger partial charge < -0.3 is 9.64 Å². The Bertz CT molecular complexity index is 505. The van der Waals surface area contributed by atoms with Crippen molar-refractivity contribution in [1.29, 1.82) is 0 Å². The molecule has 0 aromatic rings. The van der Waals surface area contributed by atoms with Gasteiger partial charge in [0.1, 0.15) is 0 Å². The number of likely N-dealkylation sites (N-methyl/N-ethyl adjacent to an activating group) is 1. The van der Waals surface area contributed by atoms with Crippen molar-refractivity contribution in [3.05, 3.63) is 11.6 Å². The minimum atomic E-state index is -3.04. The maximum Gasteiger partial charge on any atom is 0.331 e. The molecule has 0 saturated carbocycles. The van der Waals surface area contributed by atoms with Crippen molar-refractivity contribution in [2.45, 2.75) is 33.2 Å². The molecule has 114 valence electrons. The number of carbonyl (C=O) groups excluding carboxylic acids is 2. The molecule has 7 heteroatoms. The summed E-state index contributed by atoms with van der Waals surface area (Å²) < 4.78 is 27.7. The normalized spacial score (nSPS) is 20.2. The van der Waals surface area contributed by atoms with Crippen LogP contribution in [0.4, 0.5) is 0 Å². The van der Waals surface area contributed by atoms with Crippen molar-refractivity contribution in [2.24, 2.45) is 0 Å². The molecule has 1 unspecified atom stereocenters. The smallest absolute Gasteiger partial charge is 0.331 e. The largest absolute Gasteiger partial charge is 0.452 e. The van der Waals surface area contributed by atoms with E-state index in [9.17, 15) is 18.0 Å². The van der Waals surface area contributed by atoms with E-state index in [1.54, 1.807) is 20.8 Å². The molecule has 20 heavy (non-hydrogen) atoms. The van der Waals surface area contributed by atoms with Gasteiger partial charge in [0.05, 0.1) is 11.5 Å². The maximum absolute atomic E-state index is 12.0. The molecule has 6 nitrogen and oxygen atoms in total. The molecule has 1 aliphatic heterocycles. The highest BCUT2D eigenvalue weighted by molar-refractivity contribution is 7.91. The Labute approximate surface area is 119 Å². The van der Waals surface area contributed by atoms with Gasteiger partial charge in [-0.2, -0.15) is 0 Å². The molecule has 0 aliphatic carbocycles. The van der Waals surface area contributed by atoms with Crippen LogP contribution in [0.3, 0.4) is 0 Å². The Balaban J connectivity index is 2.56. The van der Waals surface area contributed by atoms with E-state index in [2.05, 4.69) is 0 Å². The second-order valence-electron chi connectivity index (χ2n) is 5.07. The number of esters is 1. The highest BCUT2D eigenvalue weighted by atomic mass is 32.2. The predicted octanol–water partition coefficient (Wildman–Crippen LogP) is 0.531. The maximum atomic E-state index is 12.0. The molecule has 1 heterocycles. The van der Waals surface area contributed by atoms with Crippen molar-refractivity contribution < 1.29 is 22.7 Å². The van der Waals surface area contributed by atoms with Gasteiger partial charge in [0, 0.05) is 18.7 Å². The minimum Gasteiger partial charge on any atom is -0.452 e. The van der Waals surface area contributed by atoms with Crippen LogP contribution in [0.5, 0.6) is 0 Å². The molecule has 0 N–H and O–H groups in total. The Morgan fingerprint density at radius 1 is 1.35 bits per heavy atom. The van der Waals surface area contributed by atoms with Crippen LogP contribution in [-0.4, -0.2) is 55.9 Å². The Hall–Kier alpha value is -1.37. The fourth-order valence-electron chi connectivity index (χ4n) is 2.15. The van der Waals surface area contributed by atoms with E-state index in [0.717, 1.165) is 5.57 Å². The van der Waals surface area contributed by atoms with E-state index < -0.39 is 15.8 Å². The third kappa shape index (κ3) is 4.96. The van der Waals surface area contributed by atoms with Gasteiger partial charge in [-0.25, -0.2) is 13.2 Å². The second kappa shape index (κ2) is 6.88. The van der Waals surface area contributed by atoms with E-state index in [1.807, 2.05) is 0 Å². The summed E-state index contributed by atoms with van der Waals surface area (Å²) in [6.07, 6.45) is 1.76. The first kappa shape index (κ1) is 16.7. The summed E-state index contributed by atoms with van der Waals surface area (Å²) in [6.45, 7) is 5.34. The molecule has 1 saturated heterocycles. The summed E-state index contributed by atoms with van der Waals surface area (Å²) in [5.41, 5.74) is 0.789. The molecule has 1 aliphatic rings. The van der Waals surface area contributed by atoms with E-state index in [1.165, 1.54) is 11.0 Å². The molecule has 1 rings (SSSR count). The number of carbonyl (C=O) groups is 2. The van der Waals surface area contributed by atoms with E-state index in [0.29, 0.717) is 13.0 Å². The fraction of sp³-hybridized carbons (Fsp3) is 0.692. The number of amides is 1. The van der Waals surface area contributed by atoms with Gasteiger partial charge in [0.25, 0.3) is 5.91 Å². The average Bonchev–Trinajstić information content (AvgIpc) is 2.67. The topological polar surface area (TPSA) is 80.8 Å². The van der Waals surface area contributed by atoms with Crippen LogP contribution in [-0.2, 0) is 24.2 Å². The highest BCUT2D eigenvalue weighted by Crippen LogP contribution is 2.17. The van der Waals surface area contributed by atoms with Gasteiger partial charge in [0.15, 0.2) is 16.4 Å². The van der Waals surface area contributed by atoms with E-state index >= 15 is 0 Å². The second-order valence-corrected chi connectivity index (χ2v) is 7.29. The summed E-state index contributed by atoms with van der Waals surface area (Å²) in [7, 11) is -3.04. The monoisotopic (exact) mass is 303 g/mol. The zero-order valence-electron chi connectivity index (χ0n) is 12.1. The summed E-state index contributed by atoms with van der Waals surface area (Å²) in [5.74, 6) is -0.813. The van der Waals surface area contributed by atoms with Crippen LogP contribution in [0, 0.1) is 0 Å². The number of ether oxygens (including phenoxy) is 1. The first-order valence-electron chi connectivity index (χ1n) is 6.56. The molecule has 0 bridgehead atoms. The number of sulfone groups is 1. The SMILES string of the molecule is CCN(C(=O)COC(=O)C=C(C)C)C1CCS(=O)(=O)C1. The number of allylic oxidation sites excluding steroid dienone is 1. The number of hydrogen-bond donors (Lipinski definition) is 0. The van der Waals surface area contributed by atoms with Crippen LogP contribution in [0.25, 0.3) is 0 Å². The van der Waals surface area contributed by atoms with Gasteiger partial charge in [-0.1, -0.05) is 5.57 Å². The predicted molar refractivity (Wildman–Crippen MR) is 74.8 cm³/mol. The molecule has 0 radical (unpaired) electrons. The van der Waals surface area contributed by atoms with Crippen molar-refractivity contribution in [3.63, 3.8) is 0 Å². The molecule has 0 aromatic carbocycles. The van der Waals surface area contributed by atoms with Crippen molar-refractivity contribution >= 4 is 21.7 Å². The lowest BCUT2D eigenvalue weighted by molar-refractivity contribution is -0.149. The molecule has 0 aromatic heterocycles. The lowest BCUT2D eigenvalue weighted by Gasteiger charge is -2.26. The zero-order valence-corrected chi connectivity index (χ0v) is 12.9. The van der Waals surface area contributed by atoms with Crippen LogP contribution in [0.1, 0.15) is 27.2 Å². The third-order valence-electron chi connectivity index (χ3n) is 3.05. The minimum absolute atomic E-state index is 0.00546. The summed E-state index contributed by atoms with van der Waals surface area (Å²) in [4.78, 5) is 24.8. The van der Waals surface area contributed by atoms with Crippen molar-refractivity contribution in [2.75, 3.05) is 24.7 Å². The van der Waals surface area contributed by atoms with E-state index in [-0.39, 0.29) is 30.1 Å². The molecule has 1 fully saturated rings. The first-order valence-corrected chi connectivity index (χ1v) is 8.39. The fourth-order valence-corrected chi connectivity index (χ4v) is 3.88. The number of hydrogen-bond acceptors (Lipinski definition) is 5. The lowest BCUT2D eigenvalue weighted by Crippen LogP contribution is -2.43. The molecule has 1 amide bonds. The molecular weight excluding hydrogens is 282 g/mol. The Morgan fingerprint density at radius 2 is 2.00 bits per heavy atom. The lowest BCUT2D eigenvalue weighted by atomic mass is 10.2. The third-order valence-corrected chi connectivity index (χ3v) is 4.80. The van der Waals surface area contributed by atoms with Crippen LogP contribution < -0.4 is 0 Å². The summed E-state index contributed by atoms with van der Waals surface area (Å²) in [5, 5.41) is 0. The first-order chi connectivity index (χ1) is 9.25. The van der Waals surface area contributed by atoms with Gasteiger partial charge in [-0.3, -0.25) is 4.79 Å². The summed E-state index contributed by atoms with van der Waals surface area (Å²) >= 11 is 0. The van der Waals surface area contributed by atoms with Crippen molar-refractivity contribution in [1.82, 2.24) is 4.90 Å². The van der Waals surface area contributed by atoms with Gasteiger partial charge in [-0.05, 0) is 27.2 Å². The van der Waals surface area contributed by atoms with Crippen molar-refractivity contribution in [3.8, 4) is 0 Å². The Kier molecular flexibility index (Phi) is 5.74. The summed E-state index contributed by atoms with van der Waals surface area (Å²) in [6, 6.07) is -0.306. The quantitative estimate of drug-likeness (QED) is 0.547. The van der Waals surface area contributed by atoms with Gasteiger partial charge >= 0.3 is 5.97 Å². The van der Waals surface area contributed by atoms with Gasteiger partial charge in [0.2, 0.25) is 0 Å². The highest BCUT2D eigenvalue weighted by Gasteiger charge is 2.34. The average molecular weight is 303 g/mol. The van der Waals surface area contributed by atoms with Crippen LogP contribution >= 0.6 is 0 Å². The van der Waals surface area contributed by atoms with Gasteiger partial charge in [-0.15, -0.1) is 0 Å².